The lowest BCUT2D eigenvalue weighted by atomic mass is 10.1. The number of rotatable bonds is 24. The van der Waals surface area contributed by atoms with E-state index in [2.05, 4.69) is 21.5 Å². The molecule has 0 bridgehead atoms. The van der Waals surface area contributed by atoms with Crippen LogP contribution in [0.4, 0.5) is 5.69 Å². The number of carbonyl (C=O) groups is 9. The number of aliphatic carboxylic acids is 4. The zero-order chi connectivity index (χ0) is 45.3. The van der Waals surface area contributed by atoms with Crippen LogP contribution < -0.4 is 27.2 Å². The average molecular weight is 853 g/mol. The van der Waals surface area contributed by atoms with E-state index in [4.69, 9.17) is 36.1 Å². The van der Waals surface area contributed by atoms with E-state index in [0.29, 0.717) is 16.8 Å². The minimum Gasteiger partial charge on any atom is -0.483 e. The topological polar surface area (TPSA) is 339 Å². The molecule has 0 heterocycles. The number of amides is 4. The number of hydrogen-bond donors (Lipinski definition) is 10. The zero-order valence-corrected chi connectivity index (χ0v) is 32.8. The van der Waals surface area contributed by atoms with Gasteiger partial charge in [-0.15, -0.1) is 0 Å². The number of nitrogens with zero attached hydrogens (tertiary/aromatic N) is 3. The highest BCUT2D eigenvalue weighted by Crippen LogP contribution is 2.13. The van der Waals surface area contributed by atoms with Crippen LogP contribution in [0.3, 0.4) is 0 Å². The summed E-state index contributed by atoms with van der Waals surface area (Å²) in [7, 11) is 0. The van der Waals surface area contributed by atoms with Gasteiger partial charge >= 0.3 is 23.9 Å². The molecule has 22 nitrogen and oxygen atoms in total. The minimum atomic E-state index is -1.26. The molecule has 3 rings (SSSR count). The number of carbonyl (C=O) groups excluding carboxylic acids is 4. The van der Waals surface area contributed by atoms with Crippen LogP contribution in [-0.2, 0) is 46.5 Å². The van der Waals surface area contributed by atoms with Gasteiger partial charge < -0.3 is 41.9 Å². The van der Waals surface area contributed by atoms with E-state index in [0.717, 1.165) is 15.4 Å². The van der Waals surface area contributed by atoms with Gasteiger partial charge in [-0.1, -0.05) is 42.5 Å². The van der Waals surface area contributed by atoms with Crippen molar-refractivity contribution in [2.24, 2.45) is 5.73 Å². The second kappa shape index (κ2) is 26.7. The van der Waals surface area contributed by atoms with E-state index < -0.39 is 73.8 Å². The molecule has 3 aromatic rings. The summed E-state index contributed by atoms with van der Waals surface area (Å²) in [6, 6.07) is 20.6. The molecule has 3 aromatic carbocycles. The van der Waals surface area contributed by atoms with E-state index in [1.54, 1.807) is 60.7 Å². The van der Waals surface area contributed by atoms with Crippen molar-refractivity contribution in [3.63, 3.8) is 0 Å². The largest absolute Gasteiger partial charge is 0.483 e. The maximum atomic E-state index is 12.9. The Kier molecular flexibility index (Phi) is 21.8. The van der Waals surface area contributed by atoms with Crippen LogP contribution >= 0.6 is 0 Å². The Balaban J connectivity index is 0.00000414. The summed E-state index contributed by atoms with van der Waals surface area (Å²) in [5, 5.41) is 49.0. The Morgan fingerprint density at radius 1 is 0.574 bits per heavy atom. The Morgan fingerprint density at radius 3 is 1.49 bits per heavy atom. The van der Waals surface area contributed by atoms with Crippen molar-refractivity contribution in [3.8, 4) is 0 Å². The van der Waals surface area contributed by atoms with Crippen molar-refractivity contribution in [1.29, 1.82) is 0 Å². The van der Waals surface area contributed by atoms with Crippen LogP contribution in [0.2, 0.25) is 0 Å². The molecular weight excluding hydrogens is 804 g/mol. The zero-order valence-electron chi connectivity index (χ0n) is 32.8. The number of hydrogen-bond acceptors (Lipinski definition) is 13. The van der Waals surface area contributed by atoms with Crippen molar-refractivity contribution in [2.45, 2.75) is 19.0 Å². The van der Waals surface area contributed by atoms with E-state index in [-0.39, 0.29) is 63.6 Å². The van der Waals surface area contributed by atoms with Gasteiger partial charge in [-0.25, -0.2) is 0 Å². The first-order valence-corrected chi connectivity index (χ1v) is 18.3. The molecule has 0 aliphatic rings. The predicted molar refractivity (Wildman–Crippen MR) is 215 cm³/mol. The highest BCUT2D eigenvalue weighted by molar-refractivity contribution is 6.04. The average Bonchev–Trinajstić information content (AvgIpc) is 3.20. The molecule has 1 atom stereocenters. The molecule has 0 unspecified atom stereocenters. The maximum Gasteiger partial charge on any atom is 0.317 e. The lowest BCUT2D eigenvalue weighted by Gasteiger charge is -2.28. The van der Waals surface area contributed by atoms with Crippen LogP contribution in [0.25, 0.3) is 0 Å². The second-order valence-electron chi connectivity index (χ2n) is 13.1. The third-order valence-electron chi connectivity index (χ3n) is 8.31. The van der Waals surface area contributed by atoms with Gasteiger partial charge in [0.15, 0.2) is 0 Å². The van der Waals surface area contributed by atoms with Gasteiger partial charge in [-0.05, 0) is 53.9 Å². The van der Waals surface area contributed by atoms with Gasteiger partial charge in [0.25, 0.3) is 24.2 Å². The molecule has 61 heavy (non-hydrogen) atoms. The molecule has 0 aliphatic carbocycles. The Hall–Kier alpha value is -7.27. The number of carboxylic acids is 4. The van der Waals surface area contributed by atoms with Gasteiger partial charge in [-0.3, -0.25) is 68.7 Å². The standard InChI is InChI=1S/C38H46N8O12.CH2O2/c39-30(18-25-8-12-29(13-9-25)41-36(56)27-4-2-1-3-5-27)38(58)43-42-37(57)28-10-6-26(7-11-28)19-40-31(47)20-44(14-16-45(21-32(48)49)22-33(50)51)15-17-46(23-34(52)53)24-35(54)55;2-1-3/h1-13,30H,14-24,39H2,(H,40,47)(H,41,56)(H,42,57)(H,43,58)(H,48,49)(H,50,51)(H,52,53)(H,54,55);1H,(H,2,3)/t30-;/m1./s1. The van der Waals surface area contributed by atoms with Crippen molar-refractivity contribution in [2.75, 3.05) is 64.2 Å². The lowest BCUT2D eigenvalue weighted by molar-refractivity contribution is -0.143. The van der Waals surface area contributed by atoms with Crippen LogP contribution in [0.15, 0.2) is 78.9 Å². The predicted octanol–water partition coefficient (Wildman–Crippen LogP) is -1.17. The van der Waals surface area contributed by atoms with E-state index in [9.17, 15) is 38.4 Å². The molecule has 0 saturated carbocycles. The highest BCUT2D eigenvalue weighted by Gasteiger charge is 2.20. The third-order valence-corrected chi connectivity index (χ3v) is 8.31. The van der Waals surface area contributed by atoms with Crippen LogP contribution in [-0.4, -0.2) is 159 Å². The van der Waals surface area contributed by atoms with Crippen molar-refractivity contribution >= 4 is 59.7 Å². The lowest BCUT2D eigenvalue weighted by Crippen LogP contribution is -2.50. The number of nitrogens with two attached hydrogens (primary N) is 1. The number of carboxylic acid groups (broad SMARTS) is 5. The first-order chi connectivity index (χ1) is 29.0. The van der Waals surface area contributed by atoms with Crippen molar-refractivity contribution < 1.29 is 68.7 Å². The first-order valence-electron chi connectivity index (χ1n) is 18.3. The summed E-state index contributed by atoms with van der Waals surface area (Å²) >= 11 is 0. The molecule has 328 valence electrons. The van der Waals surface area contributed by atoms with E-state index in [1.165, 1.54) is 17.0 Å². The minimum absolute atomic E-state index is 0.00321. The Labute approximate surface area is 348 Å². The molecule has 0 fully saturated rings. The summed E-state index contributed by atoms with van der Waals surface area (Å²) in [6.07, 6.45) is 0.147. The molecular formula is C39H48N8O14. The Morgan fingerprint density at radius 2 is 1.02 bits per heavy atom. The summed E-state index contributed by atoms with van der Waals surface area (Å²) in [5.74, 6) is -7.10. The number of nitrogens with one attached hydrogen (secondary N) is 4. The smallest absolute Gasteiger partial charge is 0.317 e. The molecule has 11 N–H and O–H groups in total. The molecule has 0 spiro atoms. The highest BCUT2D eigenvalue weighted by atomic mass is 16.4. The fourth-order valence-electron chi connectivity index (χ4n) is 5.41. The maximum absolute atomic E-state index is 12.9. The SMILES string of the molecule is N[C@H](Cc1ccc(NC(=O)c2ccccc2)cc1)C(=O)NNC(=O)c1ccc(CNC(=O)CN(CCN(CC(=O)O)CC(=O)O)CCN(CC(=O)O)CC(=O)O)cc1.O=CO. The van der Waals surface area contributed by atoms with Gasteiger partial charge in [-0.2, -0.15) is 0 Å². The van der Waals surface area contributed by atoms with Gasteiger partial charge in [0, 0.05) is 49.5 Å². The number of anilines is 1. The first kappa shape index (κ1) is 49.9. The summed E-state index contributed by atoms with van der Waals surface area (Å²) < 4.78 is 0. The van der Waals surface area contributed by atoms with Crippen molar-refractivity contribution in [3.05, 3.63) is 101 Å². The Bertz CT molecular complexity index is 1880. The van der Waals surface area contributed by atoms with Crippen LogP contribution in [0, 0.1) is 0 Å². The monoisotopic (exact) mass is 852 g/mol. The van der Waals surface area contributed by atoms with Gasteiger partial charge in [0.05, 0.1) is 38.8 Å². The fourth-order valence-corrected chi connectivity index (χ4v) is 5.41. The second-order valence-corrected chi connectivity index (χ2v) is 13.1. The molecule has 22 heteroatoms. The summed E-state index contributed by atoms with van der Waals surface area (Å²) in [4.78, 5) is 108. The normalized spacial score (nSPS) is 11.1. The van der Waals surface area contributed by atoms with Gasteiger partial charge in [0.2, 0.25) is 5.91 Å². The molecule has 0 aliphatic heterocycles. The van der Waals surface area contributed by atoms with Crippen molar-refractivity contribution in [1.82, 2.24) is 30.9 Å². The van der Waals surface area contributed by atoms with Crippen LogP contribution in [0.5, 0.6) is 0 Å². The molecule has 0 saturated heterocycles. The van der Waals surface area contributed by atoms with E-state index >= 15 is 0 Å². The van der Waals surface area contributed by atoms with E-state index in [1.807, 2.05) is 6.07 Å². The quantitative estimate of drug-likeness (QED) is 0.0375. The molecule has 0 radical (unpaired) electrons. The third kappa shape index (κ3) is 20.8. The summed E-state index contributed by atoms with van der Waals surface area (Å²) in [5.41, 5.74) is 13.2. The van der Waals surface area contributed by atoms with Gasteiger partial charge in [0.1, 0.15) is 0 Å². The molecule has 0 aromatic heterocycles. The van der Waals surface area contributed by atoms with Crippen LogP contribution in [0.1, 0.15) is 31.8 Å². The number of benzene rings is 3. The molecule has 4 amide bonds. The number of hydrazine groups is 1. The summed E-state index contributed by atoms with van der Waals surface area (Å²) in [6.45, 7) is -3.00. The fraction of sp³-hybridized carbons (Fsp3) is 0.308.